The summed E-state index contributed by atoms with van der Waals surface area (Å²) in [5, 5.41) is 7.29. The highest BCUT2D eigenvalue weighted by Gasteiger charge is 2.49. The van der Waals surface area contributed by atoms with Crippen LogP contribution in [0.15, 0.2) is 17.2 Å². The molecule has 38 heavy (non-hydrogen) atoms. The molecule has 7 rings (SSSR count). The summed E-state index contributed by atoms with van der Waals surface area (Å²) in [4.78, 5) is 54.7. The molecule has 2 aliphatic carbocycles. The van der Waals surface area contributed by atoms with Crippen molar-refractivity contribution in [3.63, 3.8) is 0 Å². The van der Waals surface area contributed by atoms with E-state index in [1.807, 2.05) is 11.8 Å². The lowest BCUT2D eigenvalue weighted by Crippen LogP contribution is -2.60. The number of thiophene rings is 1. The minimum Gasteiger partial charge on any atom is -0.339 e. The van der Waals surface area contributed by atoms with Crippen LogP contribution < -0.4 is 16.2 Å². The number of rotatable bonds is 4. The quantitative estimate of drug-likeness (QED) is 0.530. The highest BCUT2D eigenvalue weighted by molar-refractivity contribution is 7.19. The maximum atomic E-state index is 13.6. The molecule has 1 spiro atoms. The fourth-order valence-corrected chi connectivity index (χ4v) is 7.74. The Labute approximate surface area is 224 Å². The molecule has 0 aromatic carbocycles. The van der Waals surface area contributed by atoms with E-state index in [0.717, 1.165) is 61.0 Å². The van der Waals surface area contributed by atoms with Crippen molar-refractivity contribution in [2.45, 2.75) is 57.2 Å². The number of aryl methyl sites for hydroxylation is 2. The lowest BCUT2D eigenvalue weighted by atomic mass is 9.85. The fraction of sp³-hybridized carbons (Fsp3) is 0.519. The zero-order valence-corrected chi connectivity index (χ0v) is 22.7. The molecule has 0 radical (unpaired) electrons. The number of carbonyl (C=O) groups excluding carboxylic acids is 2. The molecule has 2 N–H and O–H groups in total. The molecular formula is C27H31N7O3S. The van der Waals surface area contributed by atoms with Crippen molar-refractivity contribution >= 4 is 44.9 Å². The molecule has 0 unspecified atom stereocenters. The Morgan fingerprint density at radius 1 is 1.24 bits per heavy atom. The first kappa shape index (κ1) is 23.8. The molecule has 1 saturated heterocycles. The van der Waals surface area contributed by atoms with Gasteiger partial charge in [-0.05, 0) is 76.7 Å². The van der Waals surface area contributed by atoms with Crippen molar-refractivity contribution in [2.75, 3.05) is 32.5 Å². The number of aromatic nitrogens is 3. The molecule has 2 aliphatic heterocycles. The lowest BCUT2D eigenvalue weighted by Gasteiger charge is -2.44. The van der Waals surface area contributed by atoms with Crippen LogP contribution in [0.3, 0.4) is 0 Å². The van der Waals surface area contributed by atoms with Crippen molar-refractivity contribution in [2.24, 2.45) is 5.92 Å². The van der Waals surface area contributed by atoms with Crippen molar-refractivity contribution < 1.29 is 9.59 Å². The molecule has 1 saturated carbocycles. The van der Waals surface area contributed by atoms with E-state index >= 15 is 0 Å². The number of pyridine rings is 1. The Morgan fingerprint density at radius 2 is 2.03 bits per heavy atom. The molecule has 4 aliphatic rings. The fourth-order valence-electron chi connectivity index (χ4n) is 6.47. The van der Waals surface area contributed by atoms with E-state index < -0.39 is 5.66 Å². The Hall–Kier alpha value is -3.31. The van der Waals surface area contributed by atoms with E-state index in [4.69, 9.17) is 0 Å². The van der Waals surface area contributed by atoms with Gasteiger partial charge >= 0.3 is 0 Å². The third kappa shape index (κ3) is 3.37. The van der Waals surface area contributed by atoms with Crippen LogP contribution in [0, 0.1) is 12.8 Å². The van der Waals surface area contributed by atoms with Crippen molar-refractivity contribution in [1.29, 1.82) is 0 Å². The largest absolute Gasteiger partial charge is 0.339 e. The Balaban J connectivity index is 1.20. The number of anilines is 2. The second-order valence-electron chi connectivity index (χ2n) is 11.4. The molecule has 198 valence electrons. The number of fused-ring (bicyclic) bond motifs is 5. The number of likely N-dealkylation sites (N-methyl/N-ethyl adjacent to an activating group) is 1. The molecule has 5 heterocycles. The van der Waals surface area contributed by atoms with Crippen LogP contribution in [0.5, 0.6) is 0 Å². The van der Waals surface area contributed by atoms with Gasteiger partial charge in [-0.3, -0.25) is 19.0 Å². The van der Waals surface area contributed by atoms with E-state index in [0.29, 0.717) is 29.7 Å². The number of nitrogens with one attached hydrogen (secondary N) is 2. The third-order valence-electron chi connectivity index (χ3n) is 8.91. The van der Waals surface area contributed by atoms with Crippen LogP contribution in [-0.4, -0.2) is 69.4 Å². The number of hydrogen-bond acceptors (Lipinski definition) is 8. The van der Waals surface area contributed by atoms with Gasteiger partial charge in [-0.25, -0.2) is 9.97 Å². The van der Waals surface area contributed by atoms with Crippen molar-refractivity contribution in [3.8, 4) is 0 Å². The van der Waals surface area contributed by atoms with Crippen LogP contribution >= 0.6 is 11.3 Å². The average molecular weight is 534 g/mol. The summed E-state index contributed by atoms with van der Waals surface area (Å²) in [5.41, 5.74) is 1.99. The van der Waals surface area contributed by atoms with Gasteiger partial charge in [0.1, 0.15) is 34.0 Å². The third-order valence-corrected chi connectivity index (χ3v) is 10.1. The second-order valence-corrected chi connectivity index (χ2v) is 12.5. The number of likely N-dealkylation sites (tertiary alicyclic amines) is 1. The summed E-state index contributed by atoms with van der Waals surface area (Å²) in [6, 6.07) is 2.20. The van der Waals surface area contributed by atoms with Crippen LogP contribution in [-0.2, 0) is 23.3 Å². The Morgan fingerprint density at radius 3 is 2.74 bits per heavy atom. The van der Waals surface area contributed by atoms with E-state index in [2.05, 4.69) is 39.6 Å². The normalized spacial score (nSPS) is 21.7. The first-order valence-electron chi connectivity index (χ1n) is 13.3. The van der Waals surface area contributed by atoms with Crippen LogP contribution in [0.1, 0.15) is 52.2 Å². The molecule has 2 amide bonds. The van der Waals surface area contributed by atoms with E-state index in [1.54, 1.807) is 22.0 Å². The van der Waals surface area contributed by atoms with Gasteiger partial charge < -0.3 is 20.4 Å². The van der Waals surface area contributed by atoms with Gasteiger partial charge in [0.05, 0.1) is 5.39 Å². The average Bonchev–Trinajstić information content (AvgIpc) is 3.36. The van der Waals surface area contributed by atoms with E-state index in [-0.39, 0.29) is 23.3 Å². The molecule has 3 aromatic rings. The first-order chi connectivity index (χ1) is 18.3. The lowest BCUT2D eigenvalue weighted by molar-refractivity contribution is -0.142. The summed E-state index contributed by atoms with van der Waals surface area (Å²) in [6.07, 6.45) is 6.32. The van der Waals surface area contributed by atoms with Gasteiger partial charge in [0.2, 0.25) is 5.91 Å². The summed E-state index contributed by atoms with van der Waals surface area (Å²) >= 11 is 1.62. The standard InChI is InChI=1S/C27H31N7O3S/c1-14-9-18(26(37)34-21(14)23(35)31-27(34)7-4-8-27)30-22-20-17-6-5-15(10-19(17)38-24(20)29-13-28-22)25(36)33-11-16(12-33)32(2)3/h9,13,15-16H,4-8,10-12H2,1-3H3,(H,31,35)(H,28,29,30)/t15-/m0/s1. The Kier molecular flexibility index (Phi) is 5.22. The summed E-state index contributed by atoms with van der Waals surface area (Å²) in [6.45, 7) is 3.48. The minimum atomic E-state index is -0.598. The number of amides is 2. The topological polar surface area (TPSA) is 112 Å². The van der Waals surface area contributed by atoms with Crippen molar-refractivity contribution in [3.05, 3.63) is 44.4 Å². The van der Waals surface area contributed by atoms with Crippen LogP contribution in [0.4, 0.5) is 11.5 Å². The summed E-state index contributed by atoms with van der Waals surface area (Å²) < 4.78 is 1.66. The Bertz CT molecular complexity index is 1560. The molecule has 2 fully saturated rings. The summed E-state index contributed by atoms with van der Waals surface area (Å²) in [5.74, 6) is 0.675. The number of carbonyl (C=O) groups is 2. The van der Waals surface area contributed by atoms with E-state index in [1.165, 1.54) is 16.8 Å². The van der Waals surface area contributed by atoms with Gasteiger partial charge in [0.25, 0.3) is 11.5 Å². The number of hydrogen-bond donors (Lipinski definition) is 2. The predicted octanol–water partition coefficient (Wildman–Crippen LogP) is 2.36. The van der Waals surface area contributed by atoms with Crippen LogP contribution in [0.2, 0.25) is 0 Å². The van der Waals surface area contributed by atoms with E-state index in [9.17, 15) is 14.4 Å². The zero-order valence-electron chi connectivity index (χ0n) is 21.8. The number of nitrogens with zero attached hydrogens (tertiary/aromatic N) is 5. The zero-order chi connectivity index (χ0) is 26.3. The monoisotopic (exact) mass is 533 g/mol. The molecule has 1 atom stereocenters. The van der Waals surface area contributed by atoms with Gasteiger partial charge in [-0.1, -0.05) is 0 Å². The van der Waals surface area contributed by atoms with Gasteiger partial charge in [-0.15, -0.1) is 11.3 Å². The predicted molar refractivity (Wildman–Crippen MR) is 145 cm³/mol. The second kappa shape index (κ2) is 8.34. The minimum absolute atomic E-state index is 0.00393. The molecule has 3 aromatic heterocycles. The first-order valence-corrected chi connectivity index (χ1v) is 14.1. The summed E-state index contributed by atoms with van der Waals surface area (Å²) in [7, 11) is 4.12. The van der Waals surface area contributed by atoms with Gasteiger partial charge in [0, 0.05) is 29.9 Å². The molecular weight excluding hydrogens is 502 g/mol. The molecule has 11 heteroatoms. The van der Waals surface area contributed by atoms with Gasteiger partial charge in [-0.2, -0.15) is 0 Å². The highest BCUT2D eigenvalue weighted by Crippen LogP contribution is 2.43. The maximum Gasteiger partial charge on any atom is 0.276 e. The smallest absolute Gasteiger partial charge is 0.276 e. The highest BCUT2D eigenvalue weighted by atomic mass is 32.1. The maximum absolute atomic E-state index is 13.6. The van der Waals surface area contributed by atoms with Crippen LogP contribution in [0.25, 0.3) is 10.2 Å². The van der Waals surface area contributed by atoms with Crippen molar-refractivity contribution in [1.82, 2.24) is 29.7 Å². The molecule has 10 nitrogen and oxygen atoms in total. The molecule has 0 bridgehead atoms. The van der Waals surface area contributed by atoms with Gasteiger partial charge in [0.15, 0.2) is 0 Å². The SMILES string of the molecule is Cc1cc(Nc2ncnc3sc4c(c23)CC[C@H](C(=O)N2CC(N(C)C)C2)C4)c(=O)n2c1C(=O)NC21CCC1.